The van der Waals surface area contributed by atoms with Crippen molar-refractivity contribution in [2.75, 3.05) is 6.54 Å². The summed E-state index contributed by atoms with van der Waals surface area (Å²) in [7, 11) is 0. The van der Waals surface area contributed by atoms with E-state index >= 15 is 0 Å². The minimum absolute atomic E-state index is 0.174. The predicted molar refractivity (Wildman–Crippen MR) is 78.7 cm³/mol. The highest BCUT2D eigenvalue weighted by Crippen LogP contribution is 2.22. The molecule has 2 rings (SSSR count). The molecule has 0 aliphatic carbocycles. The van der Waals surface area contributed by atoms with Gasteiger partial charge in [-0.15, -0.1) is 13.2 Å². The van der Waals surface area contributed by atoms with Gasteiger partial charge in [0.05, 0.1) is 17.4 Å². The van der Waals surface area contributed by atoms with E-state index in [0.29, 0.717) is 12.0 Å². The van der Waals surface area contributed by atoms with Crippen LogP contribution in [0.2, 0.25) is 0 Å². The molecule has 0 fully saturated rings. The van der Waals surface area contributed by atoms with Crippen molar-refractivity contribution in [3.63, 3.8) is 0 Å². The van der Waals surface area contributed by atoms with E-state index < -0.39 is 17.2 Å². The van der Waals surface area contributed by atoms with E-state index in [4.69, 9.17) is 0 Å². The van der Waals surface area contributed by atoms with E-state index in [2.05, 4.69) is 15.2 Å². The molecule has 1 heterocycles. The quantitative estimate of drug-likeness (QED) is 0.603. The maximum Gasteiger partial charge on any atom is 0.573 e. The van der Waals surface area contributed by atoms with Gasteiger partial charge >= 0.3 is 12.2 Å². The lowest BCUT2D eigenvalue weighted by Crippen LogP contribution is -2.29. The number of hydrogen-bond acceptors (Lipinski definition) is 5. The number of carbonyl (C=O) groups excluding carboxylic acids is 1. The Balaban J connectivity index is 1.76. The molecule has 1 aromatic heterocycles. The molecule has 0 atom stereocenters. The molecule has 2 aromatic rings. The van der Waals surface area contributed by atoms with Gasteiger partial charge in [-0.3, -0.25) is 4.79 Å². The summed E-state index contributed by atoms with van der Waals surface area (Å²) in [6, 6.07) is 6.48. The van der Waals surface area contributed by atoms with Crippen LogP contribution in [0.25, 0.3) is 0 Å². The number of nitro groups is 1. The highest BCUT2D eigenvalue weighted by atomic mass is 19.4. The number of alkyl halides is 3. The van der Waals surface area contributed by atoms with Crippen LogP contribution in [0.5, 0.6) is 5.75 Å². The third-order valence-corrected chi connectivity index (χ3v) is 3.01. The number of amides is 1. The first kappa shape index (κ1) is 18.2. The molecule has 0 unspecified atom stereocenters. The summed E-state index contributed by atoms with van der Waals surface area (Å²) in [5.41, 5.74) is 0.713. The summed E-state index contributed by atoms with van der Waals surface area (Å²) < 4.78 is 41.0. The number of halogens is 3. The Hall–Kier alpha value is -3.11. The van der Waals surface area contributed by atoms with Crippen molar-refractivity contribution < 1.29 is 27.6 Å². The van der Waals surface area contributed by atoms with Crippen LogP contribution < -0.4 is 10.1 Å². The lowest BCUT2D eigenvalue weighted by atomic mass is 10.1. The molecular formula is C14H13F3N4O4. The van der Waals surface area contributed by atoms with Crippen molar-refractivity contribution in [3.05, 3.63) is 52.2 Å². The molecule has 0 saturated heterocycles. The number of rotatable bonds is 7. The van der Waals surface area contributed by atoms with Gasteiger partial charge < -0.3 is 20.2 Å². The number of ether oxygens (including phenoxy) is 1. The van der Waals surface area contributed by atoms with Gasteiger partial charge in [0.25, 0.3) is 0 Å². The number of nitrogens with one attached hydrogen (secondary N) is 1. The standard InChI is InChI=1S/C14H13F3N4O4/c15-14(16,17)25-11-3-1-10(2-4-11)5-7-18-13(22)9-20-8-6-12(19-20)21(23)24/h1-4,6,8H,5,7,9H2,(H,18,22). The van der Waals surface area contributed by atoms with E-state index in [1.807, 2.05) is 0 Å². The molecule has 25 heavy (non-hydrogen) atoms. The molecule has 1 amide bonds. The monoisotopic (exact) mass is 358 g/mol. The van der Waals surface area contributed by atoms with Crippen LogP contribution in [0.4, 0.5) is 19.0 Å². The molecular weight excluding hydrogens is 345 g/mol. The largest absolute Gasteiger partial charge is 0.573 e. The Morgan fingerprint density at radius 3 is 2.52 bits per heavy atom. The molecule has 0 spiro atoms. The van der Waals surface area contributed by atoms with Gasteiger partial charge in [0.1, 0.15) is 12.3 Å². The van der Waals surface area contributed by atoms with Crippen molar-refractivity contribution in [1.29, 1.82) is 0 Å². The van der Waals surface area contributed by atoms with Crippen molar-refractivity contribution >= 4 is 11.7 Å². The summed E-state index contributed by atoms with van der Waals surface area (Å²) in [5.74, 6) is -1.07. The smallest absolute Gasteiger partial charge is 0.406 e. The molecule has 0 bridgehead atoms. The van der Waals surface area contributed by atoms with Gasteiger partial charge in [-0.05, 0) is 29.0 Å². The van der Waals surface area contributed by atoms with Crippen LogP contribution in [0.1, 0.15) is 5.56 Å². The van der Waals surface area contributed by atoms with Gasteiger partial charge in [0.15, 0.2) is 0 Å². The van der Waals surface area contributed by atoms with Crippen LogP contribution in [-0.2, 0) is 17.8 Å². The number of carbonyl (C=O) groups is 1. The Bertz CT molecular complexity index is 743. The zero-order chi connectivity index (χ0) is 18.4. The fourth-order valence-corrected chi connectivity index (χ4v) is 1.94. The number of benzene rings is 1. The summed E-state index contributed by atoms with van der Waals surface area (Å²) in [6.07, 6.45) is -3.02. The predicted octanol–water partition coefficient (Wildman–Crippen LogP) is 2.05. The average molecular weight is 358 g/mol. The molecule has 1 N–H and O–H groups in total. The molecule has 0 aliphatic heterocycles. The van der Waals surface area contributed by atoms with Crippen LogP contribution in [0.3, 0.4) is 0 Å². The van der Waals surface area contributed by atoms with Gasteiger partial charge in [-0.1, -0.05) is 12.1 Å². The van der Waals surface area contributed by atoms with Gasteiger partial charge in [0.2, 0.25) is 5.91 Å². The number of hydrogen-bond donors (Lipinski definition) is 1. The maximum absolute atomic E-state index is 12.0. The van der Waals surface area contributed by atoms with E-state index in [1.54, 1.807) is 0 Å². The van der Waals surface area contributed by atoms with E-state index in [-0.39, 0.29) is 24.7 Å². The van der Waals surface area contributed by atoms with Crippen LogP contribution in [0, 0.1) is 10.1 Å². The Kier molecular flexibility index (Phi) is 5.57. The fraction of sp³-hybridized carbons (Fsp3) is 0.286. The van der Waals surface area contributed by atoms with Gasteiger partial charge in [0, 0.05) is 6.54 Å². The summed E-state index contributed by atoms with van der Waals surface area (Å²) in [4.78, 5) is 21.5. The van der Waals surface area contributed by atoms with Gasteiger partial charge in [-0.25, -0.2) is 0 Å². The normalized spacial score (nSPS) is 11.2. The van der Waals surface area contributed by atoms with Crippen molar-refractivity contribution in [2.45, 2.75) is 19.3 Å². The third kappa shape index (κ3) is 6.12. The second kappa shape index (κ2) is 7.64. The molecule has 0 radical (unpaired) electrons. The van der Waals surface area contributed by atoms with Crippen molar-refractivity contribution in [1.82, 2.24) is 15.1 Å². The highest BCUT2D eigenvalue weighted by molar-refractivity contribution is 5.75. The molecule has 0 aliphatic rings. The van der Waals surface area contributed by atoms with E-state index in [0.717, 1.165) is 4.68 Å². The maximum atomic E-state index is 12.0. The van der Waals surface area contributed by atoms with Crippen LogP contribution in [0.15, 0.2) is 36.5 Å². The summed E-state index contributed by atoms with van der Waals surface area (Å²) in [5, 5.41) is 16.7. The Morgan fingerprint density at radius 2 is 1.96 bits per heavy atom. The second-order valence-electron chi connectivity index (χ2n) is 4.92. The first-order valence-corrected chi connectivity index (χ1v) is 7.02. The minimum atomic E-state index is -4.74. The van der Waals surface area contributed by atoms with E-state index in [9.17, 15) is 28.1 Å². The SMILES string of the molecule is O=C(Cn1ccc([N+](=O)[O-])n1)NCCc1ccc(OC(F)(F)F)cc1. The Morgan fingerprint density at radius 1 is 1.28 bits per heavy atom. The van der Waals surface area contributed by atoms with Gasteiger partial charge in [-0.2, -0.15) is 4.68 Å². The van der Waals surface area contributed by atoms with Crippen LogP contribution in [-0.4, -0.2) is 33.5 Å². The lowest BCUT2D eigenvalue weighted by Gasteiger charge is -2.09. The highest BCUT2D eigenvalue weighted by Gasteiger charge is 2.30. The lowest BCUT2D eigenvalue weighted by molar-refractivity contribution is -0.389. The summed E-state index contributed by atoms with van der Waals surface area (Å²) >= 11 is 0. The van der Waals surface area contributed by atoms with E-state index in [1.165, 1.54) is 36.5 Å². The Labute approximate surface area is 139 Å². The topological polar surface area (TPSA) is 99.3 Å². The van der Waals surface area contributed by atoms with Crippen LogP contribution >= 0.6 is 0 Å². The molecule has 134 valence electrons. The molecule has 8 nitrogen and oxygen atoms in total. The third-order valence-electron chi connectivity index (χ3n) is 3.01. The number of nitrogens with zero attached hydrogens (tertiary/aromatic N) is 3. The molecule has 1 aromatic carbocycles. The minimum Gasteiger partial charge on any atom is -0.406 e. The van der Waals surface area contributed by atoms with Crippen molar-refractivity contribution in [3.8, 4) is 5.75 Å². The fourth-order valence-electron chi connectivity index (χ4n) is 1.94. The average Bonchev–Trinajstić information content (AvgIpc) is 2.96. The molecule has 0 saturated carbocycles. The van der Waals surface area contributed by atoms with Crippen molar-refractivity contribution in [2.24, 2.45) is 0 Å². The summed E-state index contributed by atoms with van der Waals surface area (Å²) in [6.45, 7) is 0.0773. The zero-order valence-corrected chi connectivity index (χ0v) is 12.7. The number of aromatic nitrogens is 2. The molecule has 11 heteroatoms. The first-order chi connectivity index (χ1) is 11.7. The first-order valence-electron chi connectivity index (χ1n) is 7.02. The second-order valence-corrected chi connectivity index (χ2v) is 4.92. The zero-order valence-electron chi connectivity index (χ0n) is 12.7.